The fourth-order valence-electron chi connectivity index (χ4n) is 2.70. The molecule has 1 saturated heterocycles. The maximum atomic E-state index is 12.0. The van der Waals surface area contributed by atoms with Gasteiger partial charge in [-0.05, 0) is 18.3 Å². The highest BCUT2D eigenvalue weighted by Gasteiger charge is 2.33. The van der Waals surface area contributed by atoms with Crippen molar-refractivity contribution >= 4 is 12.0 Å². The first-order chi connectivity index (χ1) is 9.48. The van der Waals surface area contributed by atoms with Crippen LogP contribution in [0.3, 0.4) is 0 Å². The van der Waals surface area contributed by atoms with E-state index in [4.69, 9.17) is 9.84 Å². The van der Waals surface area contributed by atoms with Gasteiger partial charge in [0.05, 0.1) is 6.54 Å². The summed E-state index contributed by atoms with van der Waals surface area (Å²) in [4.78, 5) is 24.5. The molecule has 0 aromatic rings. The van der Waals surface area contributed by atoms with Crippen molar-refractivity contribution in [3.63, 3.8) is 0 Å². The number of carboxylic acids is 1. The van der Waals surface area contributed by atoms with Gasteiger partial charge in [-0.3, -0.25) is 0 Å². The van der Waals surface area contributed by atoms with Gasteiger partial charge in [0.1, 0.15) is 0 Å². The minimum Gasteiger partial charge on any atom is -0.479 e. The molecule has 2 amide bonds. The van der Waals surface area contributed by atoms with E-state index < -0.39 is 12.1 Å². The smallest absolute Gasteiger partial charge is 0.334 e. The van der Waals surface area contributed by atoms with Crippen LogP contribution in [-0.4, -0.2) is 54.9 Å². The van der Waals surface area contributed by atoms with E-state index in [2.05, 4.69) is 19.2 Å². The predicted molar refractivity (Wildman–Crippen MR) is 75.7 cm³/mol. The Hall–Kier alpha value is -1.30. The summed E-state index contributed by atoms with van der Waals surface area (Å²) in [6, 6.07) is -0.200. The molecule has 116 valence electrons. The maximum absolute atomic E-state index is 12.0. The van der Waals surface area contributed by atoms with Crippen molar-refractivity contribution in [1.29, 1.82) is 0 Å². The number of carboxylic acid groups (broad SMARTS) is 1. The van der Waals surface area contributed by atoms with Crippen LogP contribution in [0.1, 0.15) is 39.5 Å². The van der Waals surface area contributed by atoms with Crippen LogP contribution in [-0.2, 0) is 9.53 Å². The Morgan fingerprint density at radius 3 is 2.25 bits per heavy atom. The lowest BCUT2D eigenvalue weighted by atomic mass is 9.74. The summed E-state index contributed by atoms with van der Waals surface area (Å²) in [5, 5.41) is 11.5. The summed E-state index contributed by atoms with van der Waals surface area (Å²) in [5.74, 6) is -1.07. The first kappa shape index (κ1) is 16.8. The molecule has 0 aromatic heterocycles. The monoisotopic (exact) mass is 286 g/mol. The van der Waals surface area contributed by atoms with Gasteiger partial charge >= 0.3 is 12.0 Å². The zero-order valence-electron chi connectivity index (χ0n) is 12.6. The van der Waals surface area contributed by atoms with Crippen molar-refractivity contribution in [1.82, 2.24) is 10.2 Å². The first-order valence-corrected chi connectivity index (χ1v) is 7.26. The Bertz CT molecular complexity index is 332. The van der Waals surface area contributed by atoms with Crippen LogP contribution >= 0.6 is 0 Å². The summed E-state index contributed by atoms with van der Waals surface area (Å²) in [7, 11) is 1.32. The second-order valence-corrected chi connectivity index (χ2v) is 5.44. The number of aliphatic carboxylic acids is 1. The van der Waals surface area contributed by atoms with Crippen LogP contribution < -0.4 is 5.32 Å². The highest BCUT2D eigenvalue weighted by atomic mass is 16.5. The van der Waals surface area contributed by atoms with Gasteiger partial charge in [0.25, 0.3) is 0 Å². The highest BCUT2D eigenvalue weighted by Crippen LogP contribution is 2.37. The van der Waals surface area contributed by atoms with Crippen molar-refractivity contribution in [2.75, 3.05) is 26.7 Å². The van der Waals surface area contributed by atoms with Gasteiger partial charge in [-0.25, -0.2) is 9.59 Å². The number of nitrogens with one attached hydrogen (secondary N) is 1. The quantitative estimate of drug-likeness (QED) is 0.779. The molecule has 1 aliphatic heterocycles. The fraction of sp³-hybridized carbons (Fsp3) is 0.857. The lowest BCUT2D eigenvalue weighted by Gasteiger charge is -2.41. The molecule has 2 N–H and O–H groups in total. The van der Waals surface area contributed by atoms with Crippen LogP contribution in [0.5, 0.6) is 0 Å². The van der Waals surface area contributed by atoms with Crippen molar-refractivity contribution in [3.05, 3.63) is 0 Å². The number of methoxy groups -OCH3 is 1. The van der Waals surface area contributed by atoms with Crippen LogP contribution in [0, 0.1) is 5.41 Å². The number of likely N-dealkylation sites (tertiary alicyclic amines) is 1. The number of ether oxygens (including phenoxy) is 1. The average molecular weight is 286 g/mol. The summed E-state index contributed by atoms with van der Waals surface area (Å²) in [6.45, 7) is 5.87. The van der Waals surface area contributed by atoms with Crippen molar-refractivity contribution in [3.8, 4) is 0 Å². The zero-order chi connectivity index (χ0) is 15.2. The van der Waals surface area contributed by atoms with Crippen molar-refractivity contribution in [2.45, 2.75) is 45.6 Å². The number of urea groups is 1. The van der Waals surface area contributed by atoms with Crippen molar-refractivity contribution < 1.29 is 19.4 Å². The highest BCUT2D eigenvalue weighted by molar-refractivity contribution is 5.77. The normalized spacial score (nSPS) is 19.4. The number of rotatable bonds is 6. The number of hydrogen-bond acceptors (Lipinski definition) is 3. The Balaban J connectivity index is 2.41. The molecule has 6 nitrogen and oxygen atoms in total. The van der Waals surface area contributed by atoms with E-state index in [0.29, 0.717) is 5.41 Å². The summed E-state index contributed by atoms with van der Waals surface area (Å²) >= 11 is 0. The molecular formula is C14H26N2O4. The lowest BCUT2D eigenvalue weighted by molar-refractivity contribution is -0.148. The Kier molecular flexibility index (Phi) is 6.26. The van der Waals surface area contributed by atoms with E-state index in [9.17, 15) is 9.59 Å². The van der Waals surface area contributed by atoms with Crippen LogP contribution in [0.2, 0.25) is 0 Å². The maximum Gasteiger partial charge on any atom is 0.334 e. The number of hydrogen-bond donors (Lipinski definition) is 2. The van der Waals surface area contributed by atoms with E-state index in [1.807, 2.05) is 0 Å². The molecule has 1 atom stereocenters. The first-order valence-electron chi connectivity index (χ1n) is 7.26. The molecule has 0 saturated carbocycles. The number of amides is 2. The van der Waals surface area contributed by atoms with Gasteiger partial charge in [0, 0.05) is 20.2 Å². The van der Waals surface area contributed by atoms with Gasteiger partial charge in [-0.15, -0.1) is 0 Å². The van der Waals surface area contributed by atoms with E-state index in [1.165, 1.54) is 7.11 Å². The molecule has 0 spiro atoms. The lowest BCUT2D eigenvalue weighted by Crippen LogP contribution is -2.49. The van der Waals surface area contributed by atoms with Crippen LogP contribution in [0.25, 0.3) is 0 Å². The SMILES string of the molecule is CCC1(CC)CCN(C(=O)NCC(OC)C(=O)O)CC1. The predicted octanol–water partition coefficient (Wildman–Crippen LogP) is 1.70. The number of carbonyl (C=O) groups is 2. The Morgan fingerprint density at radius 2 is 1.85 bits per heavy atom. The Morgan fingerprint density at radius 1 is 1.30 bits per heavy atom. The van der Waals surface area contributed by atoms with Gasteiger partial charge in [0.15, 0.2) is 6.10 Å². The molecule has 1 heterocycles. The number of piperidine rings is 1. The van der Waals surface area contributed by atoms with Crippen LogP contribution in [0.4, 0.5) is 4.79 Å². The summed E-state index contributed by atoms with van der Waals surface area (Å²) in [5.41, 5.74) is 0.368. The Labute approximate surface area is 120 Å². The van der Waals surface area contributed by atoms with Gasteiger partial charge in [-0.1, -0.05) is 26.7 Å². The molecule has 1 aliphatic rings. The van der Waals surface area contributed by atoms with Crippen molar-refractivity contribution in [2.24, 2.45) is 5.41 Å². The molecular weight excluding hydrogens is 260 g/mol. The third kappa shape index (κ3) is 4.10. The van der Waals surface area contributed by atoms with Gasteiger partial charge in [-0.2, -0.15) is 0 Å². The summed E-state index contributed by atoms with van der Waals surface area (Å²) < 4.78 is 4.78. The summed E-state index contributed by atoms with van der Waals surface area (Å²) in [6.07, 6.45) is 3.32. The van der Waals surface area contributed by atoms with E-state index in [-0.39, 0.29) is 12.6 Å². The van der Waals surface area contributed by atoms with E-state index in [0.717, 1.165) is 38.8 Å². The molecule has 1 rings (SSSR count). The fourth-order valence-corrected chi connectivity index (χ4v) is 2.70. The minimum absolute atomic E-state index is 0.00609. The standard InChI is InChI=1S/C14H26N2O4/c1-4-14(5-2)6-8-16(9-7-14)13(19)15-10-11(20-3)12(17)18/h11H,4-10H2,1-3H3,(H,15,19)(H,17,18). The molecule has 0 aliphatic carbocycles. The average Bonchev–Trinajstić information content (AvgIpc) is 2.47. The van der Waals surface area contributed by atoms with E-state index >= 15 is 0 Å². The second-order valence-electron chi connectivity index (χ2n) is 5.44. The molecule has 20 heavy (non-hydrogen) atoms. The molecule has 6 heteroatoms. The van der Waals surface area contributed by atoms with Crippen LogP contribution in [0.15, 0.2) is 0 Å². The molecule has 0 radical (unpaired) electrons. The topological polar surface area (TPSA) is 78.9 Å². The molecule has 1 fully saturated rings. The third-order valence-corrected chi connectivity index (χ3v) is 4.61. The largest absolute Gasteiger partial charge is 0.479 e. The van der Waals surface area contributed by atoms with Gasteiger partial charge < -0.3 is 20.1 Å². The second kappa shape index (κ2) is 7.47. The molecule has 1 unspecified atom stereocenters. The van der Waals surface area contributed by atoms with Gasteiger partial charge in [0.2, 0.25) is 0 Å². The van der Waals surface area contributed by atoms with E-state index in [1.54, 1.807) is 4.90 Å². The number of nitrogens with zero attached hydrogens (tertiary/aromatic N) is 1. The number of carbonyl (C=O) groups excluding carboxylic acids is 1. The molecule has 0 bridgehead atoms. The molecule has 0 aromatic carbocycles. The third-order valence-electron chi connectivity index (χ3n) is 4.61. The zero-order valence-corrected chi connectivity index (χ0v) is 12.6. The minimum atomic E-state index is -1.07.